The average molecular weight is 397 g/mol. The molecule has 1 heterocycles. The third kappa shape index (κ3) is 7.74. The van der Waals surface area contributed by atoms with Crippen molar-refractivity contribution in [3.8, 4) is 0 Å². The fraction of sp³-hybridized carbons (Fsp3) is 0.615. The van der Waals surface area contributed by atoms with Crippen molar-refractivity contribution in [1.29, 1.82) is 0 Å². The molecule has 0 fully saturated rings. The molecule has 0 bridgehead atoms. The lowest BCUT2D eigenvalue weighted by atomic mass is 10.4. The monoisotopic (exact) mass is 397 g/mol. The Labute approximate surface area is 137 Å². The predicted octanol–water partition coefficient (Wildman–Crippen LogP) is 2.76. The zero-order valence-corrected chi connectivity index (χ0v) is 15.2. The number of methoxy groups -OCH3 is 1. The van der Waals surface area contributed by atoms with Crippen molar-refractivity contribution in [2.45, 2.75) is 33.4 Å². The summed E-state index contributed by atoms with van der Waals surface area (Å²) in [6.45, 7) is 8.49. The molecule has 1 unspecified atom stereocenters. The first-order chi connectivity index (χ1) is 8.65. The van der Waals surface area contributed by atoms with Crippen LogP contribution in [0.25, 0.3) is 0 Å². The van der Waals surface area contributed by atoms with Crippen LogP contribution in [0.2, 0.25) is 0 Å². The molecular formula is C13H24IN3OS. The molecule has 0 amide bonds. The van der Waals surface area contributed by atoms with Gasteiger partial charge in [-0.05, 0) is 32.9 Å². The summed E-state index contributed by atoms with van der Waals surface area (Å²) in [5, 5.41) is 6.55. The second-order valence-electron chi connectivity index (χ2n) is 4.21. The van der Waals surface area contributed by atoms with Crippen LogP contribution in [0.3, 0.4) is 0 Å². The van der Waals surface area contributed by atoms with Crippen molar-refractivity contribution < 1.29 is 4.74 Å². The lowest BCUT2D eigenvalue weighted by molar-refractivity contribution is 0.179. The van der Waals surface area contributed by atoms with Gasteiger partial charge in [-0.2, -0.15) is 0 Å². The van der Waals surface area contributed by atoms with Crippen LogP contribution in [0.5, 0.6) is 0 Å². The normalized spacial score (nSPS) is 12.7. The number of nitrogens with one attached hydrogen (secondary N) is 2. The van der Waals surface area contributed by atoms with Crippen molar-refractivity contribution in [2.24, 2.45) is 4.99 Å². The highest BCUT2D eigenvalue weighted by atomic mass is 127. The molecule has 2 N–H and O–H groups in total. The summed E-state index contributed by atoms with van der Waals surface area (Å²) in [7, 11) is 1.71. The molecule has 6 heteroatoms. The van der Waals surface area contributed by atoms with Crippen molar-refractivity contribution in [3.63, 3.8) is 0 Å². The maximum absolute atomic E-state index is 5.11. The van der Waals surface area contributed by atoms with Gasteiger partial charge in [0.1, 0.15) is 0 Å². The smallest absolute Gasteiger partial charge is 0.191 e. The fourth-order valence-electron chi connectivity index (χ4n) is 1.57. The van der Waals surface area contributed by atoms with Crippen LogP contribution >= 0.6 is 35.3 Å². The Hall–Kier alpha value is -0.340. The van der Waals surface area contributed by atoms with E-state index >= 15 is 0 Å². The van der Waals surface area contributed by atoms with Gasteiger partial charge in [0, 0.05) is 29.5 Å². The largest absolute Gasteiger partial charge is 0.383 e. The number of thiophene rings is 1. The summed E-state index contributed by atoms with van der Waals surface area (Å²) in [6, 6.07) is 4.51. The summed E-state index contributed by atoms with van der Waals surface area (Å²) in [5.41, 5.74) is 0. The summed E-state index contributed by atoms with van der Waals surface area (Å²) in [6.07, 6.45) is 0. The van der Waals surface area contributed by atoms with Gasteiger partial charge in [0.25, 0.3) is 0 Å². The molecule has 1 aromatic rings. The predicted molar refractivity (Wildman–Crippen MR) is 93.8 cm³/mol. The van der Waals surface area contributed by atoms with Crippen LogP contribution in [0.15, 0.2) is 17.1 Å². The number of hydrogen-bond acceptors (Lipinski definition) is 3. The molecule has 0 aliphatic carbocycles. The van der Waals surface area contributed by atoms with Gasteiger partial charge in [-0.25, -0.2) is 4.99 Å². The Morgan fingerprint density at radius 2 is 2.21 bits per heavy atom. The van der Waals surface area contributed by atoms with Gasteiger partial charge < -0.3 is 15.4 Å². The summed E-state index contributed by atoms with van der Waals surface area (Å²) < 4.78 is 5.11. The number of guanidine groups is 1. The Bertz CT molecular complexity index is 382. The number of hydrogen-bond donors (Lipinski definition) is 2. The van der Waals surface area contributed by atoms with Gasteiger partial charge in [-0.1, -0.05) is 0 Å². The number of rotatable bonds is 6. The maximum Gasteiger partial charge on any atom is 0.191 e. The Morgan fingerprint density at radius 1 is 1.47 bits per heavy atom. The lowest BCUT2D eigenvalue weighted by Gasteiger charge is -2.16. The molecule has 0 saturated heterocycles. The van der Waals surface area contributed by atoms with Crippen LogP contribution in [-0.2, 0) is 11.3 Å². The van der Waals surface area contributed by atoms with E-state index in [0.29, 0.717) is 13.2 Å². The van der Waals surface area contributed by atoms with E-state index in [1.165, 1.54) is 9.75 Å². The van der Waals surface area contributed by atoms with E-state index in [1.807, 2.05) is 0 Å². The van der Waals surface area contributed by atoms with E-state index in [1.54, 1.807) is 18.4 Å². The van der Waals surface area contributed by atoms with Gasteiger partial charge >= 0.3 is 0 Å². The minimum absolute atomic E-state index is 0. The molecule has 19 heavy (non-hydrogen) atoms. The minimum atomic E-state index is 0. The van der Waals surface area contributed by atoms with E-state index in [9.17, 15) is 0 Å². The van der Waals surface area contributed by atoms with Gasteiger partial charge in [0.15, 0.2) is 5.96 Å². The number of aryl methyl sites for hydroxylation is 1. The fourth-order valence-corrected chi connectivity index (χ4v) is 2.39. The quantitative estimate of drug-likeness (QED) is 0.441. The second kappa shape index (κ2) is 10.4. The molecule has 0 aromatic carbocycles. The molecule has 1 atom stereocenters. The van der Waals surface area contributed by atoms with Crippen LogP contribution in [0.1, 0.15) is 23.6 Å². The van der Waals surface area contributed by atoms with Crippen molar-refractivity contribution in [2.75, 3.05) is 20.3 Å². The van der Waals surface area contributed by atoms with Crippen molar-refractivity contribution in [1.82, 2.24) is 10.6 Å². The average Bonchev–Trinajstić information content (AvgIpc) is 2.73. The second-order valence-corrected chi connectivity index (χ2v) is 5.58. The molecule has 1 rings (SSSR count). The van der Waals surface area contributed by atoms with Crippen molar-refractivity contribution in [3.05, 3.63) is 21.9 Å². The Morgan fingerprint density at radius 3 is 2.74 bits per heavy atom. The van der Waals surface area contributed by atoms with Crippen molar-refractivity contribution >= 4 is 41.3 Å². The summed E-state index contributed by atoms with van der Waals surface area (Å²) >= 11 is 1.79. The molecule has 1 aromatic heterocycles. The zero-order valence-electron chi connectivity index (χ0n) is 12.0. The molecule has 0 radical (unpaired) electrons. The van der Waals surface area contributed by atoms with Crippen LogP contribution in [0.4, 0.5) is 0 Å². The third-order valence-corrected chi connectivity index (χ3v) is 3.32. The molecule has 110 valence electrons. The summed E-state index contributed by atoms with van der Waals surface area (Å²) in [5.74, 6) is 0.841. The first-order valence-corrected chi connectivity index (χ1v) is 7.06. The highest BCUT2D eigenvalue weighted by Gasteiger charge is 2.04. The summed E-state index contributed by atoms with van der Waals surface area (Å²) in [4.78, 5) is 7.18. The van der Waals surface area contributed by atoms with E-state index in [0.717, 1.165) is 12.5 Å². The molecule has 4 nitrogen and oxygen atoms in total. The Kier molecular flexibility index (Phi) is 10.3. The molecule has 0 aliphatic heterocycles. The molecule has 0 saturated carbocycles. The van der Waals surface area contributed by atoms with Gasteiger partial charge in [-0.3, -0.25) is 0 Å². The number of nitrogens with zero attached hydrogens (tertiary/aromatic N) is 1. The minimum Gasteiger partial charge on any atom is -0.383 e. The number of halogens is 1. The Balaban J connectivity index is 0.00000324. The van der Waals surface area contributed by atoms with E-state index in [2.05, 4.69) is 48.5 Å². The molecular weight excluding hydrogens is 373 g/mol. The number of aliphatic imine (C=N–C) groups is 1. The SMILES string of the molecule is CCNC(=NCc1ccc(C)s1)NC(C)COC.I. The highest BCUT2D eigenvalue weighted by Crippen LogP contribution is 2.15. The topological polar surface area (TPSA) is 45.7 Å². The van der Waals surface area contributed by atoms with E-state index < -0.39 is 0 Å². The van der Waals surface area contributed by atoms with Crippen LogP contribution < -0.4 is 10.6 Å². The lowest BCUT2D eigenvalue weighted by Crippen LogP contribution is -2.43. The first kappa shape index (κ1) is 18.7. The first-order valence-electron chi connectivity index (χ1n) is 6.24. The van der Waals surface area contributed by atoms with E-state index in [4.69, 9.17) is 4.74 Å². The molecule has 0 spiro atoms. The third-order valence-electron chi connectivity index (χ3n) is 2.33. The van der Waals surface area contributed by atoms with E-state index in [-0.39, 0.29) is 30.0 Å². The highest BCUT2D eigenvalue weighted by molar-refractivity contribution is 14.0. The van der Waals surface area contributed by atoms with Gasteiger partial charge in [0.05, 0.1) is 13.2 Å². The standard InChI is InChI=1S/C13H23N3OS.HI/c1-5-14-13(16-10(2)9-17-4)15-8-12-7-6-11(3)18-12;/h6-7,10H,5,8-9H2,1-4H3,(H2,14,15,16);1H. The zero-order chi connectivity index (χ0) is 13.4. The van der Waals surface area contributed by atoms with Crippen LogP contribution in [-0.4, -0.2) is 32.3 Å². The van der Waals surface area contributed by atoms with Gasteiger partial charge in [0.2, 0.25) is 0 Å². The number of ether oxygens (including phenoxy) is 1. The van der Waals surface area contributed by atoms with Crippen LogP contribution in [0, 0.1) is 6.92 Å². The molecule has 0 aliphatic rings. The van der Waals surface area contributed by atoms with Gasteiger partial charge in [-0.15, -0.1) is 35.3 Å². The maximum atomic E-state index is 5.11.